The van der Waals surface area contributed by atoms with E-state index in [2.05, 4.69) is 33.0 Å². The molecule has 2 heteroatoms. The molecule has 1 aliphatic carbocycles. The minimum absolute atomic E-state index is 0.121. The van der Waals surface area contributed by atoms with Gasteiger partial charge in [-0.3, -0.25) is 0 Å². The highest BCUT2D eigenvalue weighted by molar-refractivity contribution is 4.85. The van der Waals surface area contributed by atoms with Crippen LogP contribution in [0.2, 0.25) is 0 Å². The van der Waals surface area contributed by atoms with Gasteiger partial charge < -0.3 is 10.1 Å². The fourth-order valence-electron chi connectivity index (χ4n) is 4.01. The van der Waals surface area contributed by atoms with E-state index in [1.54, 1.807) is 0 Å². The molecule has 2 rings (SSSR count). The van der Waals surface area contributed by atoms with Crippen molar-refractivity contribution in [3.05, 3.63) is 0 Å². The first-order valence-corrected chi connectivity index (χ1v) is 8.85. The SMILES string of the molecule is CC(C)CNCC(CC1CCC(C)(C)O1)C1CCCC1. The predicted octanol–water partition coefficient (Wildman–Crippen LogP) is 4.39. The summed E-state index contributed by atoms with van der Waals surface area (Å²) in [5.41, 5.74) is 0.121. The fourth-order valence-corrected chi connectivity index (χ4v) is 4.01. The Labute approximate surface area is 126 Å². The molecule has 1 saturated heterocycles. The lowest BCUT2D eigenvalue weighted by molar-refractivity contribution is -0.0278. The molecule has 2 aliphatic rings. The smallest absolute Gasteiger partial charge is 0.0631 e. The molecule has 1 aliphatic heterocycles. The molecule has 0 aromatic heterocycles. The first kappa shape index (κ1) is 16.3. The van der Waals surface area contributed by atoms with Crippen molar-refractivity contribution in [2.45, 2.75) is 84.3 Å². The molecule has 1 N–H and O–H groups in total. The van der Waals surface area contributed by atoms with Crippen molar-refractivity contribution < 1.29 is 4.74 Å². The second-order valence-corrected chi connectivity index (χ2v) is 8.13. The summed E-state index contributed by atoms with van der Waals surface area (Å²) in [5.74, 6) is 2.53. The average molecular weight is 281 g/mol. The van der Waals surface area contributed by atoms with Crippen molar-refractivity contribution in [1.82, 2.24) is 5.32 Å². The summed E-state index contributed by atoms with van der Waals surface area (Å²) in [5, 5.41) is 3.70. The molecule has 118 valence electrons. The Morgan fingerprint density at radius 3 is 2.35 bits per heavy atom. The largest absolute Gasteiger partial charge is 0.372 e. The van der Waals surface area contributed by atoms with E-state index >= 15 is 0 Å². The van der Waals surface area contributed by atoms with Gasteiger partial charge in [-0.1, -0.05) is 39.5 Å². The van der Waals surface area contributed by atoms with Gasteiger partial charge in [0, 0.05) is 0 Å². The van der Waals surface area contributed by atoms with E-state index in [-0.39, 0.29) is 5.60 Å². The normalized spacial score (nSPS) is 28.4. The van der Waals surface area contributed by atoms with E-state index in [4.69, 9.17) is 4.74 Å². The lowest BCUT2D eigenvalue weighted by atomic mass is 9.85. The molecule has 1 heterocycles. The van der Waals surface area contributed by atoms with Crippen molar-refractivity contribution in [3.63, 3.8) is 0 Å². The van der Waals surface area contributed by atoms with Gasteiger partial charge in [0.1, 0.15) is 0 Å². The lowest BCUT2D eigenvalue weighted by Crippen LogP contribution is -2.32. The maximum Gasteiger partial charge on any atom is 0.0631 e. The summed E-state index contributed by atoms with van der Waals surface area (Å²) < 4.78 is 6.24. The summed E-state index contributed by atoms with van der Waals surface area (Å²) in [6.45, 7) is 11.4. The zero-order valence-electron chi connectivity index (χ0n) is 14.1. The van der Waals surface area contributed by atoms with Crippen LogP contribution in [0.1, 0.15) is 72.6 Å². The van der Waals surface area contributed by atoms with Gasteiger partial charge in [0.15, 0.2) is 0 Å². The Hall–Kier alpha value is -0.0800. The number of hydrogen-bond acceptors (Lipinski definition) is 2. The number of nitrogens with one attached hydrogen (secondary N) is 1. The molecule has 1 saturated carbocycles. The van der Waals surface area contributed by atoms with E-state index in [9.17, 15) is 0 Å². The Morgan fingerprint density at radius 2 is 1.80 bits per heavy atom. The predicted molar refractivity (Wildman–Crippen MR) is 86.0 cm³/mol. The molecular weight excluding hydrogens is 246 g/mol. The quantitative estimate of drug-likeness (QED) is 0.747. The van der Waals surface area contributed by atoms with Crippen LogP contribution in [-0.4, -0.2) is 24.8 Å². The van der Waals surface area contributed by atoms with Crippen LogP contribution >= 0.6 is 0 Å². The molecule has 0 aromatic rings. The van der Waals surface area contributed by atoms with Crippen LogP contribution in [0.3, 0.4) is 0 Å². The minimum atomic E-state index is 0.121. The van der Waals surface area contributed by atoms with E-state index in [1.807, 2.05) is 0 Å². The van der Waals surface area contributed by atoms with Gasteiger partial charge in [0.2, 0.25) is 0 Å². The van der Waals surface area contributed by atoms with Crippen LogP contribution in [0.25, 0.3) is 0 Å². The van der Waals surface area contributed by atoms with Gasteiger partial charge in [-0.2, -0.15) is 0 Å². The molecule has 0 bridgehead atoms. The molecule has 2 unspecified atom stereocenters. The summed E-state index contributed by atoms with van der Waals surface area (Å²) in [6.07, 6.45) is 10.1. The molecule has 0 aromatic carbocycles. The van der Waals surface area contributed by atoms with Crippen LogP contribution in [0, 0.1) is 17.8 Å². The van der Waals surface area contributed by atoms with Crippen molar-refractivity contribution in [2.24, 2.45) is 17.8 Å². The Kier molecular flexibility index (Phi) is 5.92. The number of rotatable bonds is 7. The van der Waals surface area contributed by atoms with Crippen LogP contribution in [-0.2, 0) is 4.74 Å². The van der Waals surface area contributed by atoms with E-state index < -0.39 is 0 Å². The molecule has 2 atom stereocenters. The van der Waals surface area contributed by atoms with Crippen molar-refractivity contribution in [3.8, 4) is 0 Å². The third-order valence-corrected chi connectivity index (χ3v) is 5.15. The topological polar surface area (TPSA) is 21.3 Å². The van der Waals surface area contributed by atoms with Crippen LogP contribution < -0.4 is 5.32 Å². The van der Waals surface area contributed by atoms with Gasteiger partial charge in [-0.25, -0.2) is 0 Å². The molecule has 0 spiro atoms. The van der Waals surface area contributed by atoms with Gasteiger partial charge in [0.05, 0.1) is 11.7 Å². The maximum atomic E-state index is 6.24. The average Bonchev–Trinajstić information content (AvgIpc) is 2.97. The molecule has 20 heavy (non-hydrogen) atoms. The van der Waals surface area contributed by atoms with E-state index in [0.29, 0.717) is 6.10 Å². The third-order valence-electron chi connectivity index (χ3n) is 5.15. The second-order valence-electron chi connectivity index (χ2n) is 8.13. The standard InChI is InChI=1S/C18H35NO/c1-14(2)12-19-13-16(15-7-5-6-8-15)11-17-9-10-18(3,4)20-17/h14-17,19H,5-13H2,1-4H3. The second kappa shape index (κ2) is 7.26. The summed E-state index contributed by atoms with van der Waals surface area (Å²) in [7, 11) is 0. The van der Waals surface area contributed by atoms with Crippen LogP contribution in [0.5, 0.6) is 0 Å². The highest BCUT2D eigenvalue weighted by atomic mass is 16.5. The summed E-state index contributed by atoms with van der Waals surface area (Å²) in [6, 6.07) is 0. The lowest BCUT2D eigenvalue weighted by Gasteiger charge is -2.28. The molecule has 0 amide bonds. The van der Waals surface area contributed by atoms with Gasteiger partial charge >= 0.3 is 0 Å². The zero-order chi connectivity index (χ0) is 14.6. The highest BCUT2D eigenvalue weighted by Crippen LogP contribution is 2.38. The Morgan fingerprint density at radius 1 is 1.10 bits per heavy atom. The maximum absolute atomic E-state index is 6.24. The fraction of sp³-hybridized carbons (Fsp3) is 1.00. The van der Waals surface area contributed by atoms with Crippen molar-refractivity contribution >= 4 is 0 Å². The van der Waals surface area contributed by atoms with Crippen molar-refractivity contribution in [2.75, 3.05) is 13.1 Å². The molecule has 2 fully saturated rings. The monoisotopic (exact) mass is 281 g/mol. The number of ether oxygens (including phenoxy) is 1. The van der Waals surface area contributed by atoms with Gasteiger partial charge in [-0.05, 0) is 64.0 Å². The Balaban J connectivity index is 1.82. The summed E-state index contributed by atoms with van der Waals surface area (Å²) >= 11 is 0. The summed E-state index contributed by atoms with van der Waals surface area (Å²) in [4.78, 5) is 0. The first-order valence-electron chi connectivity index (χ1n) is 8.85. The molecule has 2 nitrogen and oxygen atoms in total. The molecule has 0 radical (unpaired) electrons. The van der Waals surface area contributed by atoms with Crippen molar-refractivity contribution in [1.29, 1.82) is 0 Å². The van der Waals surface area contributed by atoms with Crippen LogP contribution in [0.4, 0.5) is 0 Å². The third kappa shape index (κ3) is 5.04. The Bertz CT molecular complexity index is 281. The highest BCUT2D eigenvalue weighted by Gasteiger charge is 2.35. The van der Waals surface area contributed by atoms with Crippen LogP contribution in [0.15, 0.2) is 0 Å². The minimum Gasteiger partial charge on any atom is -0.372 e. The van der Waals surface area contributed by atoms with Gasteiger partial charge in [0.25, 0.3) is 0 Å². The first-order chi connectivity index (χ1) is 9.46. The number of hydrogen-bond donors (Lipinski definition) is 1. The zero-order valence-corrected chi connectivity index (χ0v) is 14.1. The molecular formula is C18H35NO. The van der Waals surface area contributed by atoms with Gasteiger partial charge in [-0.15, -0.1) is 0 Å². The van der Waals surface area contributed by atoms with E-state index in [1.165, 1.54) is 51.5 Å². The van der Waals surface area contributed by atoms with E-state index in [0.717, 1.165) is 24.3 Å².